The van der Waals surface area contributed by atoms with Gasteiger partial charge in [-0.25, -0.2) is 4.68 Å². The summed E-state index contributed by atoms with van der Waals surface area (Å²) in [4.78, 5) is 0. The van der Waals surface area contributed by atoms with E-state index < -0.39 is 0 Å². The molecule has 0 saturated heterocycles. The summed E-state index contributed by atoms with van der Waals surface area (Å²) in [5, 5.41) is 8.88. The molecule has 7 heteroatoms. The Morgan fingerprint density at radius 3 is 2.42 bits per heavy atom. The van der Waals surface area contributed by atoms with Crippen LogP contribution < -0.4 is 15.3 Å². The topological polar surface area (TPSA) is 75.2 Å². The molecule has 0 atom stereocenters. The largest absolute Gasteiger partial charge is 0.497 e. The average molecular weight is 342 g/mol. The molecule has 3 aromatic rings. The lowest BCUT2D eigenvalue weighted by molar-refractivity contribution is 0.291. The number of nitrogens with zero attached hydrogens (tertiary/aromatic N) is 3. The minimum Gasteiger partial charge on any atom is -0.497 e. The molecule has 2 aromatic carbocycles. The van der Waals surface area contributed by atoms with Crippen molar-refractivity contribution in [3.8, 4) is 11.5 Å². The van der Waals surface area contributed by atoms with Gasteiger partial charge in [-0.1, -0.05) is 42.1 Å². The predicted molar refractivity (Wildman–Crippen MR) is 93.5 cm³/mol. The van der Waals surface area contributed by atoms with Crippen LogP contribution in [-0.4, -0.2) is 22.0 Å². The normalized spacial score (nSPS) is 10.5. The van der Waals surface area contributed by atoms with Crippen LogP contribution in [-0.2, 0) is 12.4 Å². The smallest absolute Gasteiger partial charge is 0.210 e. The summed E-state index contributed by atoms with van der Waals surface area (Å²) in [7, 11) is 1.63. The van der Waals surface area contributed by atoms with E-state index in [1.807, 2.05) is 42.5 Å². The van der Waals surface area contributed by atoms with Crippen LogP contribution >= 0.6 is 11.8 Å². The van der Waals surface area contributed by atoms with E-state index in [-0.39, 0.29) is 6.61 Å². The van der Waals surface area contributed by atoms with Crippen molar-refractivity contribution < 1.29 is 9.47 Å². The molecular formula is C17H18N4O2S. The third kappa shape index (κ3) is 3.99. The molecule has 0 bridgehead atoms. The minimum atomic E-state index is 0.252. The molecule has 0 aliphatic carbocycles. The van der Waals surface area contributed by atoms with Crippen molar-refractivity contribution in [1.82, 2.24) is 14.9 Å². The Hall–Kier alpha value is -2.67. The molecule has 0 aliphatic rings. The third-order valence-electron chi connectivity index (χ3n) is 3.37. The number of hydrogen-bond donors (Lipinski definition) is 1. The van der Waals surface area contributed by atoms with Crippen molar-refractivity contribution in [3.05, 3.63) is 66.0 Å². The molecule has 124 valence electrons. The summed E-state index contributed by atoms with van der Waals surface area (Å²) >= 11 is 1.54. The Morgan fingerprint density at radius 1 is 1.00 bits per heavy atom. The molecule has 3 rings (SSSR count). The van der Waals surface area contributed by atoms with Crippen LogP contribution in [0, 0.1) is 0 Å². The fourth-order valence-corrected chi connectivity index (χ4v) is 2.88. The Kier molecular flexibility index (Phi) is 5.22. The van der Waals surface area contributed by atoms with Gasteiger partial charge in [-0.15, -0.1) is 10.2 Å². The lowest BCUT2D eigenvalue weighted by Gasteiger charge is -2.07. The molecule has 0 radical (unpaired) electrons. The zero-order chi connectivity index (χ0) is 16.8. The molecule has 0 spiro atoms. The van der Waals surface area contributed by atoms with E-state index in [1.54, 1.807) is 7.11 Å². The zero-order valence-corrected chi connectivity index (χ0v) is 14.1. The maximum atomic E-state index is 6.05. The standard InChI is InChI=1S/C17H18N4O2S/c1-22-14-7-9-15(10-8-14)23-11-16-19-20-17(21(16)18)24-12-13-5-3-2-4-6-13/h2-10H,11-12,18H2,1H3. The van der Waals surface area contributed by atoms with Gasteiger partial charge in [-0.2, -0.15) is 0 Å². The molecule has 0 amide bonds. The van der Waals surface area contributed by atoms with Gasteiger partial charge in [0.15, 0.2) is 5.82 Å². The second-order valence-corrected chi connectivity index (χ2v) is 5.95. The lowest BCUT2D eigenvalue weighted by atomic mass is 10.2. The number of benzene rings is 2. The predicted octanol–water partition coefficient (Wildman–Crippen LogP) is 2.87. The average Bonchev–Trinajstić information content (AvgIpc) is 2.99. The molecule has 0 fully saturated rings. The lowest BCUT2D eigenvalue weighted by Crippen LogP contribution is -2.15. The van der Waals surface area contributed by atoms with Crippen molar-refractivity contribution in [2.24, 2.45) is 0 Å². The second kappa shape index (κ2) is 7.74. The van der Waals surface area contributed by atoms with Crippen molar-refractivity contribution in [2.75, 3.05) is 13.0 Å². The highest BCUT2D eigenvalue weighted by atomic mass is 32.2. The molecule has 1 aromatic heterocycles. The van der Waals surface area contributed by atoms with Crippen molar-refractivity contribution >= 4 is 11.8 Å². The van der Waals surface area contributed by atoms with Gasteiger partial charge in [0.2, 0.25) is 5.16 Å². The first-order valence-electron chi connectivity index (χ1n) is 7.39. The maximum Gasteiger partial charge on any atom is 0.210 e. The monoisotopic (exact) mass is 342 g/mol. The minimum absolute atomic E-state index is 0.252. The molecule has 24 heavy (non-hydrogen) atoms. The van der Waals surface area contributed by atoms with Crippen LogP contribution in [0.4, 0.5) is 0 Å². The first-order chi connectivity index (χ1) is 11.8. The zero-order valence-electron chi connectivity index (χ0n) is 13.3. The molecule has 2 N–H and O–H groups in total. The van der Waals surface area contributed by atoms with E-state index in [1.165, 1.54) is 22.0 Å². The third-order valence-corrected chi connectivity index (χ3v) is 4.39. The molecule has 0 unspecified atom stereocenters. The highest BCUT2D eigenvalue weighted by Gasteiger charge is 2.11. The Labute approximate surface area is 144 Å². The van der Waals surface area contributed by atoms with Gasteiger partial charge in [0, 0.05) is 5.75 Å². The van der Waals surface area contributed by atoms with Crippen molar-refractivity contribution in [1.29, 1.82) is 0 Å². The van der Waals surface area contributed by atoms with E-state index in [2.05, 4.69) is 22.3 Å². The SMILES string of the molecule is COc1ccc(OCc2nnc(SCc3ccccc3)n2N)cc1. The van der Waals surface area contributed by atoms with E-state index in [0.717, 1.165) is 17.3 Å². The van der Waals surface area contributed by atoms with Crippen LogP contribution in [0.1, 0.15) is 11.4 Å². The van der Waals surface area contributed by atoms with Gasteiger partial charge in [0.1, 0.15) is 18.1 Å². The van der Waals surface area contributed by atoms with Gasteiger partial charge in [-0.3, -0.25) is 0 Å². The summed E-state index contributed by atoms with van der Waals surface area (Å²) in [6, 6.07) is 17.5. The van der Waals surface area contributed by atoms with Gasteiger partial charge < -0.3 is 15.3 Å². The van der Waals surface area contributed by atoms with E-state index >= 15 is 0 Å². The molecular weight excluding hydrogens is 324 g/mol. The Bertz CT molecular complexity index is 775. The summed E-state index contributed by atoms with van der Waals surface area (Å²) < 4.78 is 12.3. The van der Waals surface area contributed by atoms with Crippen molar-refractivity contribution in [2.45, 2.75) is 17.5 Å². The van der Waals surface area contributed by atoms with Gasteiger partial charge in [0.05, 0.1) is 7.11 Å². The molecule has 1 heterocycles. The van der Waals surface area contributed by atoms with E-state index in [0.29, 0.717) is 11.0 Å². The number of thioether (sulfide) groups is 1. The first kappa shape index (κ1) is 16.2. The van der Waals surface area contributed by atoms with Crippen LogP contribution in [0.3, 0.4) is 0 Å². The van der Waals surface area contributed by atoms with Crippen LogP contribution in [0.15, 0.2) is 59.8 Å². The summed E-state index contributed by atoms with van der Waals surface area (Å²) in [6.07, 6.45) is 0. The van der Waals surface area contributed by atoms with Crippen molar-refractivity contribution in [3.63, 3.8) is 0 Å². The summed E-state index contributed by atoms with van der Waals surface area (Å²) in [5.74, 6) is 8.91. The van der Waals surface area contributed by atoms with E-state index in [4.69, 9.17) is 15.3 Å². The summed E-state index contributed by atoms with van der Waals surface area (Å²) in [6.45, 7) is 0.252. The number of hydrogen-bond acceptors (Lipinski definition) is 6. The highest BCUT2D eigenvalue weighted by Crippen LogP contribution is 2.21. The first-order valence-corrected chi connectivity index (χ1v) is 8.38. The fourth-order valence-electron chi connectivity index (χ4n) is 2.05. The van der Waals surface area contributed by atoms with Crippen LogP contribution in [0.2, 0.25) is 0 Å². The van der Waals surface area contributed by atoms with Gasteiger partial charge >= 0.3 is 0 Å². The number of nitrogen functional groups attached to an aromatic ring is 1. The Morgan fingerprint density at radius 2 is 1.71 bits per heavy atom. The number of nitrogens with two attached hydrogens (primary N) is 1. The maximum absolute atomic E-state index is 6.05. The van der Waals surface area contributed by atoms with Gasteiger partial charge in [-0.05, 0) is 29.8 Å². The number of rotatable bonds is 7. The molecule has 6 nitrogen and oxygen atoms in total. The molecule has 0 saturated carbocycles. The number of methoxy groups -OCH3 is 1. The number of ether oxygens (including phenoxy) is 2. The summed E-state index contributed by atoms with van der Waals surface area (Å²) in [5.41, 5.74) is 1.21. The Balaban J connectivity index is 1.57. The van der Waals surface area contributed by atoms with E-state index in [9.17, 15) is 0 Å². The second-order valence-electron chi connectivity index (χ2n) is 5.01. The van der Waals surface area contributed by atoms with Gasteiger partial charge in [0.25, 0.3) is 0 Å². The number of aromatic nitrogens is 3. The highest BCUT2D eigenvalue weighted by molar-refractivity contribution is 7.98. The van der Waals surface area contributed by atoms with Crippen LogP contribution in [0.5, 0.6) is 11.5 Å². The fraction of sp³-hybridized carbons (Fsp3) is 0.176. The van der Waals surface area contributed by atoms with Crippen LogP contribution in [0.25, 0.3) is 0 Å². The quantitative estimate of drug-likeness (QED) is 0.526. The molecule has 0 aliphatic heterocycles.